The van der Waals surface area contributed by atoms with Gasteiger partial charge in [0.05, 0.1) is 18.7 Å². The molecule has 0 radical (unpaired) electrons. The zero-order chi connectivity index (χ0) is 13.7. The van der Waals surface area contributed by atoms with E-state index in [4.69, 9.17) is 26.4 Å². The maximum Gasteiger partial charge on any atom is 0.422 e. The van der Waals surface area contributed by atoms with Crippen LogP contribution in [0.25, 0.3) is 0 Å². The highest BCUT2D eigenvalue weighted by atomic mass is 79.9. The molecule has 18 heavy (non-hydrogen) atoms. The van der Waals surface area contributed by atoms with Crippen LogP contribution in [0.4, 0.5) is 4.79 Å². The Balaban J connectivity index is 2.89. The van der Waals surface area contributed by atoms with E-state index in [1.807, 2.05) is 0 Å². The van der Waals surface area contributed by atoms with E-state index in [0.717, 1.165) is 10.0 Å². The Hall–Kier alpha value is -1.14. The minimum atomic E-state index is -1.18. The lowest BCUT2D eigenvalue weighted by molar-refractivity contribution is 0.173. The largest absolute Gasteiger partial charge is 0.496 e. The number of nitrogens with zero attached hydrogens (tertiary/aromatic N) is 1. The van der Waals surface area contributed by atoms with Gasteiger partial charge in [0, 0.05) is 18.3 Å². The van der Waals surface area contributed by atoms with Crippen molar-refractivity contribution in [3.63, 3.8) is 0 Å². The summed E-state index contributed by atoms with van der Waals surface area (Å²) in [7, 11) is 3.11. The Morgan fingerprint density at radius 1 is 1.39 bits per heavy atom. The van der Waals surface area contributed by atoms with Crippen molar-refractivity contribution in [1.82, 2.24) is 4.42 Å². The van der Waals surface area contributed by atoms with Gasteiger partial charge in [0.1, 0.15) is 11.5 Å². The van der Waals surface area contributed by atoms with E-state index in [1.165, 1.54) is 0 Å². The fourth-order valence-corrected chi connectivity index (χ4v) is 2.00. The predicted molar refractivity (Wildman–Crippen MR) is 71.5 cm³/mol. The third-order valence-electron chi connectivity index (χ3n) is 2.34. The molecule has 0 saturated heterocycles. The van der Waals surface area contributed by atoms with E-state index in [-0.39, 0.29) is 6.54 Å². The average molecular weight is 339 g/mol. The quantitative estimate of drug-likeness (QED) is 0.838. The summed E-state index contributed by atoms with van der Waals surface area (Å²) in [5.74, 6) is 1.31. The first kappa shape index (κ1) is 14.9. The smallest absolute Gasteiger partial charge is 0.422 e. The van der Waals surface area contributed by atoms with E-state index in [2.05, 4.69) is 15.9 Å². The second-order valence-electron chi connectivity index (χ2n) is 3.42. The van der Waals surface area contributed by atoms with Crippen molar-refractivity contribution in [2.75, 3.05) is 20.8 Å². The second-order valence-corrected chi connectivity index (χ2v) is 4.68. The van der Waals surface area contributed by atoms with Gasteiger partial charge in [-0.05, 0) is 40.0 Å². The lowest BCUT2D eigenvalue weighted by atomic mass is 10.1. The number of carbonyl (C=O) groups is 1. The normalized spacial score (nSPS) is 10.0. The lowest BCUT2D eigenvalue weighted by Crippen LogP contribution is -2.21. The van der Waals surface area contributed by atoms with Crippen LogP contribution in [0, 0.1) is 0 Å². The summed E-state index contributed by atoms with van der Waals surface area (Å²) in [6.45, 7) is 0.165. The van der Waals surface area contributed by atoms with Gasteiger partial charge in [-0.15, -0.1) is 0 Å². The first-order valence-corrected chi connectivity index (χ1v) is 6.19. The monoisotopic (exact) mass is 337 g/mol. The number of ether oxygens (including phenoxy) is 2. The van der Waals surface area contributed by atoms with Crippen molar-refractivity contribution in [2.45, 2.75) is 6.42 Å². The van der Waals surface area contributed by atoms with E-state index < -0.39 is 6.09 Å². The molecule has 1 aromatic carbocycles. The van der Waals surface area contributed by atoms with Crippen LogP contribution in [-0.2, 0) is 6.42 Å². The van der Waals surface area contributed by atoms with Gasteiger partial charge >= 0.3 is 6.09 Å². The maximum absolute atomic E-state index is 10.6. The van der Waals surface area contributed by atoms with Gasteiger partial charge in [-0.25, -0.2) is 9.21 Å². The zero-order valence-corrected chi connectivity index (χ0v) is 12.3. The number of amides is 1. The molecule has 0 aromatic heterocycles. The highest BCUT2D eigenvalue weighted by Gasteiger charge is 2.13. The summed E-state index contributed by atoms with van der Waals surface area (Å²) in [5, 5.41) is 8.66. The minimum absolute atomic E-state index is 0.165. The Labute approximate surface area is 118 Å². The van der Waals surface area contributed by atoms with Crippen LogP contribution in [0.3, 0.4) is 0 Å². The molecule has 100 valence electrons. The molecule has 0 saturated carbocycles. The van der Waals surface area contributed by atoms with E-state index in [0.29, 0.717) is 22.3 Å². The molecule has 0 atom stereocenters. The molecule has 0 aliphatic heterocycles. The van der Waals surface area contributed by atoms with Crippen molar-refractivity contribution < 1.29 is 19.4 Å². The Kier molecular flexibility index (Phi) is 5.55. The first-order valence-electron chi connectivity index (χ1n) is 5.06. The van der Waals surface area contributed by atoms with Crippen LogP contribution in [0.2, 0.25) is 0 Å². The van der Waals surface area contributed by atoms with Crippen LogP contribution >= 0.6 is 27.7 Å². The van der Waals surface area contributed by atoms with Gasteiger partial charge in [0.25, 0.3) is 0 Å². The molecule has 0 spiro atoms. The van der Waals surface area contributed by atoms with E-state index in [1.54, 1.807) is 26.4 Å². The summed E-state index contributed by atoms with van der Waals surface area (Å²) in [6.07, 6.45) is -0.748. The van der Waals surface area contributed by atoms with Crippen LogP contribution < -0.4 is 9.47 Å². The van der Waals surface area contributed by atoms with Crippen molar-refractivity contribution in [3.8, 4) is 11.5 Å². The lowest BCUT2D eigenvalue weighted by Gasteiger charge is -2.14. The Bertz CT molecular complexity index is 441. The van der Waals surface area contributed by atoms with Crippen molar-refractivity contribution in [2.24, 2.45) is 0 Å². The summed E-state index contributed by atoms with van der Waals surface area (Å²) >= 11 is 8.87. The molecule has 0 bridgehead atoms. The van der Waals surface area contributed by atoms with Crippen LogP contribution in [0.5, 0.6) is 11.5 Å². The molecule has 0 heterocycles. The standard InChI is InChI=1S/C11H13BrClNO4/c1-17-9-6-8(12)10(18-2)5-7(9)3-4-14(13)11(15)16/h5-6H,3-4H2,1-2H3,(H,15,16). The first-order chi connectivity index (χ1) is 8.49. The van der Waals surface area contributed by atoms with E-state index in [9.17, 15) is 4.79 Å². The second kappa shape index (κ2) is 6.70. The van der Waals surface area contributed by atoms with E-state index >= 15 is 0 Å². The fourth-order valence-electron chi connectivity index (χ4n) is 1.43. The highest BCUT2D eigenvalue weighted by molar-refractivity contribution is 9.10. The number of rotatable bonds is 5. The van der Waals surface area contributed by atoms with Gasteiger partial charge in [-0.3, -0.25) is 0 Å². The summed E-state index contributed by atoms with van der Waals surface area (Å²) in [6, 6.07) is 3.56. The molecule has 7 heteroatoms. The van der Waals surface area contributed by atoms with Gasteiger partial charge in [-0.1, -0.05) is 0 Å². The molecule has 1 rings (SSSR count). The molecular weight excluding hydrogens is 325 g/mol. The zero-order valence-electron chi connectivity index (χ0n) is 9.94. The molecule has 0 aliphatic carbocycles. The third-order valence-corrected chi connectivity index (χ3v) is 3.27. The number of hydrogen-bond acceptors (Lipinski definition) is 3. The van der Waals surface area contributed by atoms with Crippen LogP contribution in [-0.4, -0.2) is 36.4 Å². The SMILES string of the molecule is COc1cc(CCN(Cl)C(=O)O)c(OC)cc1Br. The highest BCUT2D eigenvalue weighted by Crippen LogP contribution is 2.33. The molecule has 0 unspecified atom stereocenters. The van der Waals surface area contributed by atoms with Gasteiger partial charge in [0.15, 0.2) is 0 Å². The molecule has 1 N–H and O–H groups in total. The van der Waals surface area contributed by atoms with Crippen molar-refractivity contribution in [3.05, 3.63) is 22.2 Å². The summed E-state index contributed by atoms with van der Waals surface area (Å²) in [5.41, 5.74) is 0.824. The number of hydrogen-bond donors (Lipinski definition) is 1. The van der Waals surface area contributed by atoms with Gasteiger partial charge < -0.3 is 14.6 Å². The topological polar surface area (TPSA) is 59.0 Å². The van der Waals surface area contributed by atoms with Gasteiger partial charge in [0.2, 0.25) is 0 Å². The molecule has 1 amide bonds. The Morgan fingerprint density at radius 3 is 2.50 bits per heavy atom. The van der Waals surface area contributed by atoms with Crippen LogP contribution in [0.1, 0.15) is 5.56 Å². The van der Waals surface area contributed by atoms with Gasteiger partial charge in [-0.2, -0.15) is 0 Å². The maximum atomic E-state index is 10.6. The predicted octanol–water partition coefficient (Wildman–Crippen LogP) is 3.14. The molecule has 0 fully saturated rings. The average Bonchev–Trinajstić information content (AvgIpc) is 2.36. The minimum Gasteiger partial charge on any atom is -0.496 e. The molecular formula is C11H13BrClNO4. The molecule has 0 aliphatic rings. The summed E-state index contributed by atoms with van der Waals surface area (Å²) < 4.78 is 11.9. The molecule has 5 nitrogen and oxygen atoms in total. The number of carboxylic acid groups (broad SMARTS) is 1. The van der Waals surface area contributed by atoms with Crippen molar-refractivity contribution in [1.29, 1.82) is 0 Å². The molecule has 1 aromatic rings. The summed E-state index contributed by atoms with van der Waals surface area (Å²) in [4.78, 5) is 10.6. The fraction of sp³-hybridized carbons (Fsp3) is 0.364. The number of benzene rings is 1. The Morgan fingerprint density at radius 2 is 2.00 bits per heavy atom. The third kappa shape index (κ3) is 3.68. The number of halogens is 2. The number of methoxy groups -OCH3 is 2. The van der Waals surface area contributed by atoms with Crippen LogP contribution in [0.15, 0.2) is 16.6 Å². The van der Waals surface area contributed by atoms with Crippen molar-refractivity contribution >= 4 is 33.8 Å².